The summed E-state index contributed by atoms with van der Waals surface area (Å²) in [6, 6.07) is 7.06. The molecule has 0 N–H and O–H groups in total. The van der Waals surface area contributed by atoms with Gasteiger partial charge in [-0.1, -0.05) is 18.2 Å². The molecule has 1 aliphatic rings. The summed E-state index contributed by atoms with van der Waals surface area (Å²) in [4.78, 5) is 10.9. The number of alkyl halides is 3. The van der Waals surface area contributed by atoms with Crippen LogP contribution in [0.25, 0.3) is 12.2 Å². The van der Waals surface area contributed by atoms with Crippen molar-refractivity contribution in [3.8, 4) is 0 Å². The number of benzene rings is 1. The van der Waals surface area contributed by atoms with E-state index in [1.54, 1.807) is 18.2 Å². The lowest BCUT2D eigenvalue weighted by Crippen LogP contribution is -2.36. The minimum absolute atomic E-state index is 0.452. The first-order valence-corrected chi connectivity index (χ1v) is 7.95. The van der Waals surface area contributed by atoms with Gasteiger partial charge in [0.2, 0.25) is 0 Å². The summed E-state index contributed by atoms with van der Waals surface area (Å²) < 4.78 is 43.7. The van der Waals surface area contributed by atoms with Gasteiger partial charge in [0.15, 0.2) is 5.82 Å². The molecule has 1 aromatic heterocycles. The molecule has 0 atom stereocenters. The van der Waals surface area contributed by atoms with Gasteiger partial charge < -0.3 is 9.64 Å². The summed E-state index contributed by atoms with van der Waals surface area (Å²) in [5.74, 6) is 1.28. The van der Waals surface area contributed by atoms with Gasteiger partial charge in [0.1, 0.15) is 5.82 Å². The Kier molecular flexibility index (Phi) is 5.03. The van der Waals surface area contributed by atoms with Gasteiger partial charge in [-0.05, 0) is 30.7 Å². The molecule has 0 saturated carbocycles. The molecule has 1 aromatic carbocycles. The van der Waals surface area contributed by atoms with Gasteiger partial charge in [0.05, 0.1) is 18.8 Å². The molecule has 4 nitrogen and oxygen atoms in total. The highest BCUT2D eigenvalue weighted by atomic mass is 19.4. The Morgan fingerprint density at radius 1 is 1.08 bits per heavy atom. The van der Waals surface area contributed by atoms with Crippen LogP contribution >= 0.6 is 0 Å². The minimum Gasteiger partial charge on any atom is -0.378 e. The van der Waals surface area contributed by atoms with Crippen LogP contribution in [0.2, 0.25) is 0 Å². The molecule has 132 valence electrons. The molecule has 0 unspecified atom stereocenters. The zero-order valence-corrected chi connectivity index (χ0v) is 13.8. The van der Waals surface area contributed by atoms with Crippen LogP contribution < -0.4 is 4.90 Å². The van der Waals surface area contributed by atoms with Gasteiger partial charge in [-0.3, -0.25) is 0 Å². The predicted octanol–water partition coefficient (Wildman–Crippen LogP) is 3.81. The predicted molar refractivity (Wildman–Crippen MR) is 90.2 cm³/mol. The van der Waals surface area contributed by atoms with E-state index >= 15 is 0 Å². The van der Waals surface area contributed by atoms with E-state index in [9.17, 15) is 13.2 Å². The van der Waals surface area contributed by atoms with Crippen LogP contribution in [0.4, 0.5) is 19.0 Å². The minimum atomic E-state index is -4.35. The van der Waals surface area contributed by atoms with E-state index in [1.165, 1.54) is 6.07 Å². The Labute approximate surface area is 144 Å². The number of nitrogens with zero attached hydrogens (tertiary/aromatic N) is 3. The van der Waals surface area contributed by atoms with Crippen LogP contribution in [0.1, 0.15) is 22.6 Å². The molecule has 0 aliphatic carbocycles. The SMILES string of the molecule is Cc1cc(N2CCOCC2)nc(/C=C/c2cccc(C(F)(F)F)c2)n1. The first-order chi connectivity index (χ1) is 11.9. The van der Waals surface area contributed by atoms with Gasteiger partial charge in [0, 0.05) is 24.8 Å². The Morgan fingerprint density at radius 2 is 1.84 bits per heavy atom. The van der Waals surface area contributed by atoms with Gasteiger partial charge in [-0.2, -0.15) is 13.2 Å². The van der Waals surface area contributed by atoms with E-state index in [0.717, 1.165) is 36.7 Å². The van der Waals surface area contributed by atoms with Crippen molar-refractivity contribution in [2.45, 2.75) is 13.1 Å². The number of ether oxygens (including phenoxy) is 1. The van der Waals surface area contributed by atoms with E-state index < -0.39 is 11.7 Å². The smallest absolute Gasteiger partial charge is 0.378 e. The number of anilines is 1. The molecule has 0 bridgehead atoms. The number of hydrogen-bond donors (Lipinski definition) is 0. The average molecular weight is 349 g/mol. The number of aromatic nitrogens is 2. The van der Waals surface area contributed by atoms with E-state index in [0.29, 0.717) is 24.6 Å². The summed E-state index contributed by atoms with van der Waals surface area (Å²) in [7, 11) is 0. The van der Waals surface area contributed by atoms with Crippen LogP contribution in [-0.4, -0.2) is 36.3 Å². The van der Waals surface area contributed by atoms with Gasteiger partial charge in [-0.15, -0.1) is 0 Å². The van der Waals surface area contributed by atoms with Crippen molar-refractivity contribution >= 4 is 18.0 Å². The van der Waals surface area contributed by atoms with Crippen LogP contribution in [0.15, 0.2) is 30.3 Å². The molecular weight excluding hydrogens is 331 g/mol. The fourth-order valence-corrected chi connectivity index (χ4v) is 2.59. The fourth-order valence-electron chi connectivity index (χ4n) is 2.59. The van der Waals surface area contributed by atoms with Gasteiger partial charge >= 0.3 is 6.18 Å². The van der Waals surface area contributed by atoms with Crippen LogP contribution in [0, 0.1) is 6.92 Å². The molecule has 0 radical (unpaired) electrons. The Morgan fingerprint density at radius 3 is 2.56 bits per heavy atom. The highest BCUT2D eigenvalue weighted by molar-refractivity contribution is 5.67. The van der Waals surface area contributed by atoms with Crippen LogP contribution in [-0.2, 0) is 10.9 Å². The number of morpholine rings is 1. The Hall–Kier alpha value is -2.41. The van der Waals surface area contributed by atoms with Crippen molar-refractivity contribution < 1.29 is 17.9 Å². The second-order valence-electron chi connectivity index (χ2n) is 5.78. The summed E-state index contributed by atoms with van der Waals surface area (Å²) >= 11 is 0. The van der Waals surface area contributed by atoms with Crippen LogP contribution in [0.5, 0.6) is 0 Å². The standard InChI is InChI=1S/C18H18F3N3O/c1-13-11-17(24-7-9-25-10-8-24)23-16(22-13)6-5-14-3-2-4-15(12-14)18(19,20)21/h2-6,11-12H,7-10H2,1H3/b6-5+. The third-order valence-corrected chi connectivity index (χ3v) is 3.83. The lowest BCUT2D eigenvalue weighted by atomic mass is 10.1. The van der Waals surface area contributed by atoms with E-state index in [-0.39, 0.29) is 0 Å². The molecular formula is C18H18F3N3O. The van der Waals surface area contributed by atoms with Crippen molar-refractivity contribution in [1.29, 1.82) is 0 Å². The van der Waals surface area contributed by atoms with E-state index in [1.807, 2.05) is 13.0 Å². The molecule has 3 rings (SSSR count). The zero-order valence-electron chi connectivity index (χ0n) is 13.8. The van der Waals surface area contributed by atoms with Crippen molar-refractivity contribution in [3.05, 3.63) is 53.0 Å². The summed E-state index contributed by atoms with van der Waals surface area (Å²) in [6.07, 6.45) is -1.13. The molecule has 1 saturated heterocycles. The molecule has 2 heterocycles. The topological polar surface area (TPSA) is 38.2 Å². The maximum Gasteiger partial charge on any atom is 0.416 e. The molecule has 7 heteroatoms. The van der Waals surface area contributed by atoms with E-state index in [2.05, 4.69) is 14.9 Å². The lowest BCUT2D eigenvalue weighted by Gasteiger charge is -2.28. The molecule has 2 aromatic rings. The molecule has 0 spiro atoms. The number of rotatable bonds is 3. The average Bonchev–Trinajstić information content (AvgIpc) is 2.60. The molecule has 1 fully saturated rings. The quantitative estimate of drug-likeness (QED) is 0.845. The summed E-state index contributed by atoms with van der Waals surface area (Å²) in [5, 5.41) is 0. The van der Waals surface area contributed by atoms with Crippen molar-refractivity contribution in [2.75, 3.05) is 31.2 Å². The zero-order chi connectivity index (χ0) is 17.9. The molecule has 25 heavy (non-hydrogen) atoms. The molecule has 1 aliphatic heterocycles. The fraction of sp³-hybridized carbons (Fsp3) is 0.333. The number of hydrogen-bond acceptors (Lipinski definition) is 4. The van der Waals surface area contributed by atoms with Gasteiger partial charge in [-0.25, -0.2) is 9.97 Å². The normalized spacial score (nSPS) is 15.8. The summed E-state index contributed by atoms with van der Waals surface area (Å²) in [5.41, 5.74) is 0.585. The first-order valence-electron chi connectivity index (χ1n) is 7.95. The van der Waals surface area contributed by atoms with Crippen molar-refractivity contribution in [1.82, 2.24) is 9.97 Å². The van der Waals surface area contributed by atoms with Gasteiger partial charge in [0.25, 0.3) is 0 Å². The second-order valence-corrected chi connectivity index (χ2v) is 5.78. The third-order valence-electron chi connectivity index (χ3n) is 3.83. The largest absolute Gasteiger partial charge is 0.416 e. The summed E-state index contributed by atoms with van der Waals surface area (Å²) in [6.45, 7) is 4.69. The Bertz CT molecular complexity index is 768. The number of halogens is 3. The number of aryl methyl sites for hydroxylation is 1. The maximum absolute atomic E-state index is 12.8. The second kappa shape index (κ2) is 7.23. The lowest BCUT2D eigenvalue weighted by molar-refractivity contribution is -0.137. The highest BCUT2D eigenvalue weighted by Crippen LogP contribution is 2.29. The molecule has 0 amide bonds. The first kappa shape index (κ1) is 17.4. The highest BCUT2D eigenvalue weighted by Gasteiger charge is 2.30. The maximum atomic E-state index is 12.8. The monoisotopic (exact) mass is 349 g/mol. The van der Waals surface area contributed by atoms with Crippen LogP contribution in [0.3, 0.4) is 0 Å². The Balaban J connectivity index is 1.82. The van der Waals surface area contributed by atoms with E-state index in [4.69, 9.17) is 4.74 Å². The third kappa shape index (κ3) is 4.57. The van der Waals surface area contributed by atoms with Crippen molar-refractivity contribution in [2.24, 2.45) is 0 Å². The van der Waals surface area contributed by atoms with Crippen molar-refractivity contribution in [3.63, 3.8) is 0 Å².